The Morgan fingerprint density at radius 1 is 1.00 bits per heavy atom. The first-order chi connectivity index (χ1) is 12.6. The van der Waals surface area contributed by atoms with Gasteiger partial charge in [0.15, 0.2) is 11.6 Å². The zero-order valence-electron chi connectivity index (χ0n) is 13.9. The summed E-state index contributed by atoms with van der Waals surface area (Å²) in [4.78, 5) is 14.5. The van der Waals surface area contributed by atoms with Gasteiger partial charge in [-0.2, -0.15) is 23.1 Å². The maximum atomic E-state index is 13.0. The van der Waals surface area contributed by atoms with Crippen LogP contribution in [0.3, 0.4) is 0 Å². The predicted octanol–water partition coefficient (Wildman–Crippen LogP) is 4.18. The Morgan fingerprint density at radius 2 is 1.78 bits per heavy atom. The van der Waals surface area contributed by atoms with Crippen molar-refractivity contribution in [1.29, 1.82) is 0 Å². The lowest BCUT2D eigenvalue weighted by Crippen LogP contribution is -2.30. The topological polar surface area (TPSA) is 53.9 Å². The second-order valence-electron chi connectivity index (χ2n) is 5.95. The van der Waals surface area contributed by atoms with Crippen LogP contribution < -0.4 is 10.2 Å². The fraction of sp³-hybridized carbons (Fsp3) is 0.438. The van der Waals surface area contributed by atoms with Crippen molar-refractivity contribution in [2.24, 2.45) is 0 Å². The molecule has 0 bridgehead atoms. The maximum Gasteiger partial charge on any atom is 0.416 e. The normalized spacial score (nSPS) is 16.3. The second-order valence-corrected chi connectivity index (χ2v) is 8.23. The van der Waals surface area contributed by atoms with E-state index in [0.717, 1.165) is 25.1 Å². The molecule has 0 spiro atoms. The molecular weight excluding hydrogens is 426 g/mol. The quantitative estimate of drug-likeness (QED) is 0.710. The standard InChI is InChI=1S/C16H15Cl3F3N5/c17-15(18,19)13-24-12(10-3-1-4-11(9-10)16(20,21)22)25-14(26-13)27-7-2-5-23-6-8-27/h1,3-4,9,23H,2,5-8H2. The molecular formula is C16H15Cl3F3N5. The second kappa shape index (κ2) is 7.95. The lowest BCUT2D eigenvalue weighted by molar-refractivity contribution is -0.137. The molecule has 146 valence electrons. The molecule has 3 rings (SSSR count). The van der Waals surface area contributed by atoms with E-state index in [4.69, 9.17) is 34.8 Å². The minimum Gasteiger partial charge on any atom is -0.339 e. The Morgan fingerprint density at radius 3 is 2.48 bits per heavy atom. The average molecular weight is 441 g/mol. The van der Waals surface area contributed by atoms with Gasteiger partial charge in [-0.15, -0.1) is 0 Å². The zero-order chi connectivity index (χ0) is 19.7. The Hall–Kier alpha value is -1.35. The van der Waals surface area contributed by atoms with Crippen LogP contribution in [0.2, 0.25) is 0 Å². The van der Waals surface area contributed by atoms with Crippen LogP contribution in [0.4, 0.5) is 19.1 Å². The molecule has 0 radical (unpaired) electrons. The highest BCUT2D eigenvalue weighted by molar-refractivity contribution is 6.66. The third kappa shape index (κ3) is 5.13. The largest absolute Gasteiger partial charge is 0.416 e. The number of rotatable bonds is 2. The van der Waals surface area contributed by atoms with E-state index in [9.17, 15) is 13.2 Å². The van der Waals surface area contributed by atoms with Gasteiger partial charge in [-0.05, 0) is 25.1 Å². The third-order valence-corrected chi connectivity index (χ3v) is 4.46. The highest BCUT2D eigenvalue weighted by Crippen LogP contribution is 2.38. The molecule has 2 aromatic rings. The summed E-state index contributed by atoms with van der Waals surface area (Å²) in [5.74, 6) is 0.147. The molecule has 2 heterocycles. The number of nitrogens with zero attached hydrogens (tertiary/aromatic N) is 4. The van der Waals surface area contributed by atoms with Crippen molar-refractivity contribution < 1.29 is 13.2 Å². The molecule has 0 saturated carbocycles. The summed E-state index contributed by atoms with van der Waals surface area (Å²) in [6.07, 6.45) is -3.63. The van der Waals surface area contributed by atoms with Crippen molar-refractivity contribution in [3.8, 4) is 11.4 Å². The Kier molecular flexibility index (Phi) is 6.00. The summed E-state index contributed by atoms with van der Waals surface area (Å²) in [6, 6.07) is 4.69. The highest BCUT2D eigenvalue weighted by atomic mass is 35.6. The van der Waals surface area contributed by atoms with Gasteiger partial charge in [-0.1, -0.05) is 46.9 Å². The molecule has 27 heavy (non-hydrogen) atoms. The first-order valence-electron chi connectivity index (χ1n) is 8.11. The van der Waals surface area contributed by atoms with Gasteiger partial charge in [0.25, 0.3) is 0 Å². The number of anilines is 1. The summed E-state index contributed by atoms with van der Waals surface area (Å²) >= 11 is 17.8. The van der Waals surface area contributed by atoms with Gasteiger partial charge in [0, 0.05) is 25.2 Å². The molecule has 1 fully saturated rings. The van der Waals surface area contributed by atoms with Crippen LogP contribution in [0.25, 0.3) is 11.4 Å². The number of hydrogen-bond donors (Lipinski definition) is 1. The smallest absolute Gasteiger partial charge is 0.339 e. The SMILES string of the molecule is FC(F)(F)c1cccc(-c2nc(N3CCCNCC3)nc(C(Cl)(Cl)Cl)n2)c1. The highest BCUT2D eigenvalue weighted by Gasteiger charge is 2.32. The van der Waals surface area contributed by atoms with Crippen molar-refractivity contribution in [3.05, 3.63) is 35.7 Å². The van der Waals surface area contributed by atoms with Crippen LogP contribution in [0.5, 0.6) is 0 Å². The number of nitrogens with one attached hydrogen (secondary N) is 1. The Bertz CT molecular complexity index is 803. The average Bonchev–Trinajstić information content (AvgIpc) is 2.89. The van der Waals surface area contributed by atoms with E-state index in [-0.39, 0.29) is 23.2 Å². The summed E-state index contributed by atoms with van der Waals surface area (Å²) in [5.41, 5.74) is -0.645. The molecule has 1 aliphatic heterocycles. The van der Waals surface area contributed by atoms with Gasteiger partial charge >= 0.3 is 6.18 Å². The van der Waals surface area contributed by atoms with E-state index in [1.807, 2.05) is 4.90 Å². The molecule has 0 unspecified atom stereocenters. The van der Waals surface area contributed by atoms with Crippen molar-refractivity contribution in [3.63, 3.8) is 0 Å². The number of benzene rings is 1. The van der Waals surface area contributed by atoms with Crippen LogP contribution >= 0.6 is 34.8 Å². The van der Waals surface area contributed by atoms with Gasteiger partial charge in [0.2, 0.25) is 9.74 Å². The van der Waals surface area contributed by atoms with Crippen LogP contribution in [-0.4, -0.2) is 41.1 Å². The van der Waals surface area contributed by atoms with Crippen LogP contribution in [0.15, 0.2) is 24.3 Å². The lowest BCUT2D eigenvalue weighted by atomic mass is 10.1. The molecule has 0 atom stereocenters. The number of halogens is 6. The molecule has 5 nitrogen and oxygen atoms in total. The maximum absolute atomic E-state index is 13.0. The van der Waals surface area contributed by atoms with E-state index >= 15 is 0 Å². The van der Waals surface area contributed by atoms with Crippen molar-refractivity contribution in [1.82, 2.24) is 20.3 Å². The number of aromatic nitrogens is 3. The van der Waals surface area contributed by atoms with Gasteiger partial charge < -0.3 is 10.2 Å². The Labute approximate surface area is 168 Å². The predicted molar refractivity (Wildman–Crippen MR) is 99.2 cm³/mol. The summed E-state index contributed by atoms with van der Waals surface area (Å²) in [5, 5.41) is 3.25. The molecule has 0 amide bonds. The summed E-state index contributed by atoms with van der Waals surface area (Å²) in [7, 11) is 0. The Balaban J connectivity index is 2.08. The first kappa shape index (κ1) is 20.4. The van der Waals surface area contributed by atoms with Gasteiger partial charge in [0.1, 0.15) is 0 Å². The molecule has 11 heteroatoms. The zero-order valence-corrected chi connectivity index (χ0v) is 16.2. The van der Waals surface area contributed by atoms with Crippen LogP contribution in [0, 0.1) is 0 Å². The minimum atomic E-state index is -4.49. The molecule has 0 aliphatic carbocycles. The van der Waals surface area contributed by atoms with E-state index in [1.54, 1.807) is 0 Å². The number of hydrogen-bond acceptors (Lipinski definition) is 5. The fourth-order valence-corrected chi connectivity index (χ4v) is 2.90. The van der Waals surface area contributed by atoms with E-state index in [1.165, 1.54) is 12.1 Å². The summed E-state index contributed by atoms with van der Waals surface area (Å²) < 4.78 is 37.2. The van der Waals surface area contributed by atoms with Crippen LogP contribution in [0.1, 0.15) is 17.8 Å². The van der Waals surface area contributed by atoms with Gasteiger partial charge in [-0.3, -0.25) is 0 Å². The van der Waals surface area contributed by atoms with Gasteiger partial charge in [0.05, 0.1) is 5.56 Å². The van der Waals surface area contributed by atoms with Crippen molar-refractivity contribution >= 4 is 40.8 Å². The van der Waals surface area contributed by atoms with Crippen molar-refractivity contribution in [2.45, 2.75) is 16.4 Å². The van der Waals surface area contributed by atoms with Crippen molar-refractivity contribution in [2.75, 3.05) is 31.1 Å². The van der Waals surface area contributed by atoms with E-state index in [0.29, 0.717) is 19.6 Å². The monoisotopic (exact) mass is 439 g/mol. The van der Waals surface area contributed by atoms with E-state index < -0.39 is 15.5 Å². The molecule has 1 saturated heterocycles. The third-order valence-electron chi connectivity index (χ3n) is 3.95. The van der Waals surface area contributed by atoms with E-state index in [2.05, 4.69) is 20.3 Å². The number of alkyl halides is 6. The molecule has 1 aromatic heterocycles. The molecule has 1 N–H and O–H groups in total. The summed E-state index contributed by atoms with van der Waals surface area (Å²) in [6.45, 7) is 2.84. The lowest BCUT2D eigenvalue weighted by Gasteiger charge is -2.22. The van der Waals surface area contributed by atoms with Gasteiger partial charge in [-0.25, -0.2) is 4.98 Å². The minimum absolute atomic E-state index is 0.0182. The first-order valence-corrected chi connectivity index (χ1v) is 9.24. The molecule has 1 aromatic carbocycles. The molecule has 1 aliphatic rings. The van der Waals surface area contributed by atoms with Crippen LogP contribution in [-0.2, 0) is 9.97 Å². The fourth-order valence-electron chi connectivity index (χ4n) is 2.64.